The molecule has 0 spiro atoms. The van der Waals surface area contributed by atoms with E-state index in [1.807, 2.05) is 0 Å². The zero-order valence-electron chi connectivity index (χ0n) is 6.94. The summed E-state index contributed by atoms with van der Waals surface area (Å²) in [5, 5.41) is 17.0. The van der Waals surface area contributed by atoms with Crippen molar-refractivity contribution in [3.05, 3.63) is 34.1 Å². The van der Waals surface area contributed by atoms with E-state index in [9.17, 15) is 4.79 Å². The van der Waals surface area contributed by atoms with Crippen molar-refractivity contribution in [3.8, 4) is 6.07 Å². The average Bonchev–Trinajstić information content (AvgIpc) is 2.16. The summed E-state index contributed by atoms with van der Waals surface area (Å²) >= 11 is 3.19. The lowest BCUT2D eigenvalue weighted by molar-refractivity contribution is -0.132. The van der Waals surface area contributed by atoms with Crippen LogP contribution in [0.3, 0.4) is 0 Å². The van der Waals surface area contributed by atoms with Crippen molar-refractivity contribution < 1.29 is 9.90 Å². The fraction of sp³-hybridized carbons (Fsp3) is 0. The number of halogens is 1. The molecule has 1 aromatic heterocycles. The highest BCUT2D eigenvalue weighted by Crippen LogP contribution is 2.09. The number of carbonyl (C=O) groups is 1. The Kier molecular flexibility index (Phi) is 3.37. The van der Waals surface area contributed by atoms with Crippen LogP contribution in [-0.2, 0) is 4.79 Å². The third-order valence-corrected chi connectivity index (χ3v) is 1.86. The third kappa shape index (κ3) is 2.68. The number of aromatic nitrogens is 1. The first-order valence-electron chi connectivity index (χ1n) is 3.60. The Bertz CT molecular complexity index is 417. The topological polar surface area (TPSA) is 74.0 Å². The predicted octanol–water partition coefficient (Wildman–Crippen LogP) is 1.84. The minimum Gasteiger partial charge on any atom is -0.477 e. The maximum atomic E-state index is 10.5. The number of hydrogen-bond acceptors (Lipinski definition) is 3. The lowest BCUT2D eigenvalue weighted by Gasteiger charge is -1.93. The van der Waals surface area contributed by atoms with Crippen LogP contribution < -0.4 is 0 Å². The molecule has 5 heteroatoms. The van der Waals surface area contributed by atoms with Crippen LogP contribution in [0, 0.1) is 11.3 Å². The van der Waals surface area contributed by atoms with Crippen molar-refractivity contribution in [2.75, 3.05) is 0 Å². The fourth-order valence-corrected chi connectivity index (χ4v) is 0.997. The van der Waals surface area contributed by atoms with Crippen LogP contribution in [-0.4, -0.2) is 16.1 Å². The minimum absolute atomic E-state index is 0.333. The maximum Gasteiger partial charge on any atom is 0.346 e. The summed E-state index contributed by atoms with van der Waals surface area (Å²) in [4.78, 5) is 14.4. The van der Waals surface area contributed by atoms with Gasteiger partial charge in [0.25, 0.3) is 0 Å². The van der Waals surface area contributed by atoms with Gasteiger partial charge >= 0.3 is 5.97 Å². The van der Waals surface area contributed by atoms with E-state index in [1.54, 1.807) is 18.2 Å². The normalized spacial score (nSPS) is 10.7. The molecule has 0 saturated carbocycles. The van der Waals surface area contributed by atoms with Crippen molar-refractivity contribution in [3.63, 3.8) is 0 Å². The van der Waals surface area contributed by atoms with Crippen molar-refractivity contribution in [1.82, 2.24) is 4.98 Å². The lowest BCUT2D eigenvalue weighted by atomic mass is 10.2. The third-order valence-electron chi connectivity index (χ3n) is 1.39. The first-order chi connectivity index (χ1) is 6.63. The minimum atomic E-state index is -1.25. The van der Waals surface area contributed by atoms with E-state index in [-0.39, 0.29) is 5.57 Å². The standard InChI is InChI=1S/C9H5BrN2O2/c10-7-1-2-8(12-5-7)3-6(4-11)9(13)14/h1-3,5H,(H,13,14)/b6-3+. The summed E-state index contributed by atoms with van der Waals surface area (Å²) in [6, 6.07) is 4.91. The lowest BCUT2D eigenvalue weighted by Crippen LogP contribution is -1.97. The number of hydrogen-bond donors (Lipinski definition) is 1. The second-order valence-corrected chi connectivity index (χ2v) is 3.29. The summed E-state index contributed by atoms with van der Waals surface area (Å²) in [7, 11) is 0. The van der Waals surface area contributed by atoms with Gasteiger partial charge in [-0.25, -0.2) is 4.79 Å². The van der Waals surface area contributed by atoms with Gasteiger partial charge in [0.2, 0.25) is 0 Å². The van der Waals surface area contributed by atoms with E-state index < -0.39 is 5.97 Å². The van der Waals surface area contributed by atoms with E-state index in [2.05, 4.69) is 20.9 Å². The van der Waals surface area contributed by atoms with Crippen LogP contribution >= 0.6 is 15.9 Å². The fourth-order valence-electron chi connectivity index (χ4n) is 0.762. The predicted molar refractivity (Wildman–Crippen MR) is 53.2 cm³/mol. The Morgan fingerprint density at radius 2 is 2.36 bits per heavy atom. The molecule has 0 aliphatic rings. The average molecular weight is 253 g/mol. The number of carboxylic acids is 1. The summed E-state index contributed by atoms with van der Waals surface area (Å²) in [6.07, 6.45) is 2.75. The van der Waals surface area contributed by atoms with Crippen molar-refractivity contribution in [2.24, 2.45) is 0 Å². The Morgan fingerprint density at radius 1 is 1.64 bits per heavy atom. The molecule has 1 N–H and O–H groups in total. The van der Waals surface area contributed by atoms with Gasteiger partial charge in [0.1, 0.15) is 11.6 Å². The molecule has 0 radical (unpaired) electrons. The molecule has 1 aromatic rings. The molecule has 70 valence electrons. The summed E-state index contributed by atoms with van der Waals surface area (Å²) in [5.41, 5.74) is 0.104. The molecule has 1 heterocycles. The van der Waals surface area contributed by atoms with Crippen LogP contribution in [0.25, 0.3) is 6.08 Å². The molecule has 0 saturated heterocycles. The van der Waals surface area contributed by atoms with Gasteiger partial charge in [-0.1, -0.05) is 0 Å². The van der Waals surface area contributed by atoms with E-state index in [1.165, 1.54) is 12.3 Å². The first kappa shape index (κ1) is 10.4. The monoisotopic (exact) mass is 252 g/mol. The van der Waals surface area contributed by atoms with Crippen LogP contribution in [0.15, 0.2) is 28.4 Å². The smallest absolute Gasteiger partial charge is 0.346 e. The van der Waals surface area contributed by atoms with E-state index in [0.29, 0.717) is 5.69 Å². The molecule has 1 rings (SSSR count). The van der Waals surface area contributed by atoms with Gasteiger partial charge in [-0.15, -0.1) is 0 Å². The number of nitriles is 1. The Balaban J connectivity index is 3.03. The first-order valence-corrected chi connectivity index (χ1v) is 4.39. The van der Waals surface area contributed by atoms with Gasteiger partial charge in [-0.2, -0.15) is 5.26 Å². The molecule has 0 atom stereocenters. The molecule has 0 amide bonds. The second kappa shape index (κ2) is 4.53. The van der Waals surface area contributed by atoms with E-state index in [4.69, 9.17) is 10.4 Å². The van der Waals surface area contributed by atoms with Gasteiger partial charge in [0, 0.05) is 10.7 Å². The Hall–Kier alpha value is -1.67. The molecular formula is C9H5BrN2O2. The van der Waals surface area contributed by atoms with Gasteiger partial charge in [-0.05, 0) is 34.1 Å². The van der Waals surface area contributed by atoms with Crippen LogP contribution in [0.1, 0.15) is 5.69 Å². The van der Waals surface area contributed by atoms with Crippen LogP contribution in [0.4, 0.5) is 0 Å². The van der Waals surface area contributed by atoms with E-state index >= 15 is 0 Å². The molecule has 0 fully saturated rings. The van der Waals surface area contributed by atoms with Gasteiger partial charge in [0.05, 0.1) is 5.69 Å². The van der Waals surface area contributed by atoms with Gasteiger partial charge in [0.15, 0.2) is 0 Å². The Labute approximate surface area is 88.6 Å². The molecule has 0 aromatic carbocycles. The van der Waals surface area contributed by atoms with Gasteiger partial charge < -0.3 is 5.11 Å². The number of rotatable bonds is 2. The molecular weight excluding hydrogens is 248 g/mol. The second-order valence-electron chi connectivity index (χ2n) is 2.38. The molecule has 0 aliphatic carbocycles. The van der Waals surface area contributed by atoms with Crippen LogP contribution in [0.5, 0.6) is 0 Å². The molecule has 0 aliphatic heterocycles. The number of carboxylic acid groups (broad SMARTS) is 1. The quantitative estimate of drug-likeness (QED) is 0.644. The van der Waals surface area contributed by atoms with Crippen molar-refractivity contribution in [1.29, 1.82) is 5.26 Å². The van der Waals surface area contributed by atoms with E-state index in [0.717, 1.165) is 4.47 Å². The largest absolute Gasteiger partial charge is 0.477 e. The molecule has 0 unspecified atom stereocenters. The highest BCUT2D eigenvalue weighted by molar-refractivity contribution is 9.10. The zero-order valence-corrected chi connectivity index (χ0v) is 8.52. The van der Waals surface area contributed by atoms with Crippen LogP contribution in [0.2, 0.25) is 0 Å². The highest BCUT2D eigenvalue weighted by Gasteiger charge is 2.05. The molecule has 14 heavy (non-hydrogen) atoms. The van der Waals surface area contributed by atoms with Crippen molar-refractivity contribution >= 4 is 28.0 Å². The van der Waals surface area contributed by atoms with Gasteiger partial charge in [-0.3, -0.25) is 4.98 Å². The Morgan fingerprint density at radius 3 is 2.79 bits per heavy atom. The van der Waals surface area contributed by atoms with Crippen molar-refractivity contribution in [2.45, 2.75) is 0 Å². The molecule has 0 bridgehead atoms. The SMILES string of the molecule is N#C/C(=C\c1ccc(Br)cn1)C(=O)O. The number of aliphatic carboxylic acids is 1. The summed E-state index contributed by atoms with van der Waals surface area (Å²) < 4.78 is 0.795. The highest BCUT2D eigenvalue weighted by atomic mass is 79.9. The summed E-state index contributed by atoms with van der Waals surface area (Å²) in [5.74, 6) is -1.25. The zero-order chi connectivity index (χ0) is 10.6. The number of nitrogens with zero attached hydrogens (tertiary/aromatic N) is 2. The molecule has 4 nitrogen and oxygen atoms in total. The summed E-state index contributed by atoms with van der Waals surface area (Å²) in [6.45, 7) is 0. The maximum absolute atomic E-state index is 10.5. The number of pyridine rings is 1.